The standard InChI is InChI=1S/C20H23FN2O2S/c21-17-7-5-15(6-8-17)19(14-3-1-2-4-14)23-18(24)9-11-22-20(25)16-10-12-26-13-16/h5-8,10,12-14,19H,1-4,9,11H2,(H,22,25)(H,23,24). The Kier molecular flexibility index (Phi) is 6.39. The van der Waals surface area contributed by atoms with Crippen molar-refractivity contribution in [2.45, 2.75) is 38.1 Å². The second kappa shape index (κ2) is 8.94. The summed E-state index contributed by atoms with van der Waals surface area (Å²) in [6.07, 6.45) is 4.68. The lowest BCUT2D eigenvalue weighted by atomic mass is 9.91. The van der Waals surface area contributed by atoms with Crippen LogP contribution in [-0.2, 0) is 4.79 Å². The van der Waals surface area contributed by atoms with Crippen LogP contribution in [0.4, 0.5) is 4.39 Å². The van der Waals surface area contributed by atoms with E-state index in [0.29, 0.717) is 18.0 Å². The van der Waals surface area contributed by atoms with Gasteiger partial charge in [-0.05, 0) is 47.9 Å². The van der Waals surface area contributed by atoms with Crippen molar-refractivity contribution in [2.75, 3.05) is 6.54 Å². The Morgan fingerprint density at radius 2 is 1.88 bits per heavy atom. The molecule has 0 aliphatic heterocycles. The third-order valence-corrected chi connectivity index (χ3v) is 5.52. The minimum atomic E-state index is -0.276. The highest BCUT2D eigenvalue weighted by molar-refractivity contribution is 7.08. The molecule has 1 saturated carbocycles. The molecule has 3 rings (SSSR count). The Morgan fingerprint density at radius 3 is 2.54 bits per heavy atom. The largest absolute Gasteiger partial charge is 0.351 e. The van der Waals surface area contributed by atoms with E-state index in [9.17, 15) is 14.0 Å². The molecular weight excluding hydrogens is 351 g/mol. The van der Waals surface area contributed by atoms with Gasteiger partial charge in [-0.25, -0.2) is 4.39 Å². The molecule has 138 valence electrons. The number of carbonyl (C=O) groups is 2. The first-order chi connectivity index (χ1) is 12.6. The lowest BCUT2D eigenvalue weighted by Gasteiger charge is -2.25. The van der Waals surface area contributed by atoms with E-state index < -0.39 is 0 Å². The summed E-state index contributed by atoms with van der Waals surface area (Å²) in [7, 11) is 0. The maximum absolute atomic E-state index is 13.2. The highest BCUT2D eigenvalue weighted by atomic mass is 32.1. The summed E-state index contributed by atoms with van der Waals surface area (Å²) >= 11 is 1.46. The van der Waals surface area contributed by atoms with E-state index in [2.05, 4.69) is 10.6 Å². The molecule has 0 spiro atoms. The molecule has 26 heavy (non-hydrogen) atoms. The van der Waals surface area contributed by atoms with Gasteiger partial charge in [-0.1, -0.05) is 25.0 Å². The van der Waals surface area contributed by atoms with Crippen molar-refractivity contribution in [3.63, 3.8) is 0 Å². The monoisotopic (exact) mass is 374 g/mol. The molecule has 1 aromatic heterocycles. The summed E-state index contributed by atoms with van der Waals surface area (Å²) in [5, 5.41) is 9.48. The summed E-state index contributed by atoms with van der Waals surface area (Å²) in [6.45, 7) is 0.293. The first-order valence-corrected chi connectivity index (χ1v) is 9.93. The van der Waals surface area contributed by atoms with Gasteiger partial charge in [0.15, 0.2) is 0 Å². The van der Waals surface area contributed by atoms with Crippen molar-refractivity contribution in [3.8, 4) is 0 Å². The molecule has 1 aliphatic rings. The van der Waals surface area contributed by atoms with Gasteiger partial charge in [-0.2, -0.15) is 11.3 Å². The van der Waals surface area contributed by atoms with Crippen LogP contribution >= 0.6 is 11.3 Å². The number of hydrogen-bond donors (Lipinski definition) is 2. The van der Waals surface area contributed by atoms with Crippen LogP contribution in [-0.4, -0.2) is 18.4 Å². The molecule has 2 aromatic rings. The normalized spacial score (nSPS) is 15.6. The minimum Gasteiger partial charge on any atom is -0.351 e. The van der Waals surface area contributed by atoms with Crippen LogP contribution in [0, 0.1) is 11.7 Å². The predicted molar refractivity (Wildman–Crippen MR) is 101 cm³/mol. The number of benzene rings is 1. The zero-order chi connectivity index (χ0) is 18.4. The zero-order valence-corrected chi connectivity index (χ0v) is 15.4. The smallest absolute Gasteiger partial charge is 0.252 e. The van der Waals surface area contributed by atoms with Gasteiger partial charge in [0.25, 0.3) is 5.91 Å². The molecule has 1 fully saturated rings. The highest BCUT2D eigenvalue weighted by Gasteiger charge is 2.27. The second-order valence-electron chi connectivity index (χ2n) is 6.66. The average molecular weight is 374 g/mol. The fourth-order valence-corrected chi connectivity index (χ4v) is 4.10. The van der Waals surface area contributed by atoms with Crippen molar-refractivity contribution in [1.29, 1.82) is 0 Å². The number of nitrogens with one attached hydrogen (secondary N) is 2. The van der Waals surface area contributed by atoms with Gasteiger partial charge >= 0.3 is 0 Å². The maximum atomic E-state index is 13.2. The Balaban J connectivity index is 1.55. The molecule has 1 unspecified atom stereocenters. The molecule has 0 radical (unpaired) electrons. The van der Waals surface area contributed by atoms with Gasteiger partial charge in [0.05, 0.1) is 6.04 Å². The van der Waals surface area contributed by atoms with Crippen LogP contribution in [0.1, 0.15) is 54.1 Å². The first-order valence-electron chi connectivity index (χ1n) is 8.98. The number of halogens is 1. The predicted octanol–water partition coefficient (Wildman–Crippen LogP) is 4.05. The van der Waals surface area contributed by atoms with E-state index in [4.69, 9.17) is 0 Å². The van der Waals surface area contributed by atoms with Crippen LogP contribution in [0.5, 0.6) is 0 Å². The molecule has 1 atom stereocenters. The molecule has 1 aliphatic carbocycles. The van der Waals surface area contributed by atoms with Gasteiger partial charge in [0.2, 0.25) is 5.91 Å². The molecule has 0 saturated heterocycles. The molecule has 0 bridgehead atoms. The zero-order valence-electron chi connectivity index (χ0n) is 14.5. The maximum Gasteiger partial charge on any atom is 0.252 e. The fraction of sp³-hybridized carbons (Fsp3) is 0.400. The van der Waals surface area contributed by atoms with Crippen molar-refractivity contribution >= 4 is 23.2 Å². The summed E-state index contributed by atoms with van der Waals surface area (Å²) in [6, 6.07) is 8.02. The SMILES string of the molecule is O=C(CCNC(=O)c1ccsc1)NC(c1ccc(F)cc1)C1CCCC1. The topological polar surface area (TPSA) is 58.2 Å². The third kappa shape index (κ3) is 4.91. The van der Waals surface area contributed by atoms with Crippen LogP contribution < -0.4 is 10.6 Å². The lowest BCUT2D eigenvalue weighted by Crippen LogP contribution is -2.35. The van der Waals surface area contributed by atoms with Crippen molar-refractivity contribution in [1.82, 2.24) is 10.6 Å². The number of thiophene rings is 1. The Morgan fingerprint density at radius 1 is 1.15 bits per heavy atom. The molecule has 6 heteroatoms. The Hall–Kier alpha value is -2.21. The molecule has 2 amide bonds. The van der Waals surface area contributed by atoms with E-state index in [1.165, 1.54) is 23.5 Å². The summed E-state index contributed by atoms with van der Waals surface area (Å²) < 4.78 is 13.2. The van der Waals surface area contributed by atoms with Gasteiger partial charge in [-0.15, -0.1) is 0 Å². The number of rotatable bonds is 7. The van der Waals surface area contributed by atoms with Crippen molar-refractivity contribution < 1.29 is 14.0 Å². The van der Waals surface area contributed by atoms with E-state index in [-0.39, 0.29) is 30.1 Å². The van der Waals surface area contributed by atoms with Gasteiger partial charge in [0.1, 0.15) is 5.82 Å². The molecule has 1 aromatic carbocycles. The van der Waals surface area contributed by atoms with Crippen LogP contribution in [0.25, 0.3) is 0 Å². The van der Waals surface area contributed by atoms with Gasteiger partial charge in [-0.3, -0.25) is 9.59 Å². The number of amides is 2. The van der Waals surface area contributed by atoms with Crippen molar-refractivity contribution in [2.24, 2.45) is 5.92 Å². The number of carbonyl (C=O) groups excluding carboxylic acids is 2. The third-order valence-electron chi connectivity index (χ3n) is 4.84. The highest BCUT2D eigenvalue weighted by Crippen LogP contribution is 2.35. The number of hydrogen-bond acceptors (Lipinski definition) is 3. The Bertz CT molecular complexity index is 725. The summed E-state index contributed by atoms with van der Waals surface area (Å²) in [5.74, 6) is -0.159. The Labute approximate surface area is 156 Å². The van der Waals surface area contributed by atoms with E-state index >= 15 is 0 Å². The first kappa shape index (κ1) is 18.6. The molecule has 4 nitrogen and oxygen atoms in total. The van der Waals surface area contributed by atoms with E-state index in [1.54, 1.807) is 23.6 Å². The fourth-order valence-electron chi connectivity index (χ4n) is 3.47. The summed E-state index contributed by atoms with van der Waals surface area (Å²) in [5.41, 5.74) is 1.56. The van der Waals surface area contributed by atoms with E-state index in [0.717, 1.165) is 31.2 Å². The lowest BCUT2D eigenvalue weighted by molar-refractivity contribution is -0.122. The quantitative estimate of drug-likeness (QED) is 0.768. The van der Waals surface area contributed by atoms with Crippen LogP contribution in [0.15, 0.2) is 41.1 Å². The van der Waals surface area contributed by atoms with Crippen LogP contribution in [0.3, 0.4) is 0 Å². The van der Waals surface area contributed by atoms with Gasteiger partial charge in [0, 0.05) is 23.9 Å². The average Bonchev–Trinajstić information content (AvgIpc) is 3.34. The van der Waals surface area contributed by atoms with Crippen molar-refractivity contribution in [3.05, 3.63) is 58.0 Å². The molecular formula is C20H23FN2O2S. The second-order valence-corrected chi connectivity index (χ2v) is 7.44. The van der Waals surface area contributed by atoms with Crippen LogP contribution in [0.2, 0.25) is 0 Å². The summed E-state index contributed by atoms with van der Waals surface area (Å²) in [4.78, 5) is 24.3. The van der Waals surface area contributed by atoms with Gasteiger partial charge < -0.3 is 10.6 Å². The van der Waals surface area contributed by atoms with E-state index in [1.807, 2.05) is 5.38 Å². The molecule has 2 N–H and O–H groups in total. The molecule has 1 heterocycles. The minimum absolute atomic E-state index is 0.0989.